The lowest BCUT2D eigenvalue weighted by atomic mass is 10.1. The summed E-state index contributed by atoms with van der Waals surface area (Å²) < 4.78 is 5.33. The molecule has 2 aromatic carbocycles. The summed E-state index contributed by atoms with van der Waals surface area (Å²) in [5.41, 5.74) is 1.20. The fourth-order valence-electron chi connectivity index (χ4n) is 1.81. The van der Waals surface area contributed by atoms with Crippen molar-refractivity contribution in [1.29, 1.82) is 0 Å². The smallest absolute Gasteiger partial charge is 0.264 e. The molecule has 0 saturated heterocycles. The zero-order valence-electron chi connectivity index (χ0n) is 12.5. The SMILES string of the molecule is CC(=O)c1cccc(NC(=S)NC(=O)COc2ccccc2)c1. The molecule has 118 valence electrons. The Morgan fingerprint density at radius 1 is 1.09 bits per heavy atom. The van der Waals surface area contributed by atoms with Crippen LogP contribution in [0.3, 0.4) is 0 Å². The van der Waals surface area contributed by atoms with Crippen LogP contribution in [0.4, 0.5) is 5.69 Å². The summed E-state index contributed by atoms with van der Waals surface area (Å²) in [5.74, 6) is 0.199. The van der Waals surface area contributed by atoms with Gasteiger partial charge in [0.15, 0.2) is 17.5 Å². The van der Waals surface area contributed by atoms with E-state index in [4.69, 9.17) is 17.0 Å². The Bertz CT molecular complexity index is 717. The highest BCUT2D eigenvalue weighted by Gasteiger charge is 2.07. The van der Waals surface area contributed by atoms with Crippen LogP contribution >= 0.6 is 12.2 Å². The number of hydrogen-bond acceptors (Lipinski definition) is 4. The quantitative estimate of drug-likeness (QED) is 0.652. The first kappa shape index (κ1) is 16.6. The number of ether oxygens (including phenoxy) is 1. The van der Waals surface area contributed by atoms with Crippen molar-refractivity contribution in [1.82, 2.24) is 5.32 Å². The third-order valence-electron chi connectivity index (χ3n) is 2.89. The second kappa shape index (κ2) is 8.05. The van der Waals surface area contributed by atoms with Gasteiger partial charge in [-0.2, -0.15) is 0 Å². The first-order valence-electron chi connectivity index (χ1n) is 6.94. The van der Waals surface area contributed by atoms with Gasteiger partial charge in [0.2, 0.25) is 0 Å². The van der Waals surface area contributed by atoms with E-state index >= 15 is 0 Å². The lowest BCUT2D eigenvalue weighted by molar-refractivity contribution is -0.121. The molecule has 0 bridgehead atoms. The molecule has 0 radical (unpaired) electrons. The molecule has 2 aromatic rings. The van der Waals surface area contributed by atoms with Crippen LogP contribution in [0.1, 0.15) is 17.3 Å². The first-order chi connectivity index (χ1) is 11.0. The number of nitrogens with one attached hydrogen (secondary N) is 2. The summed E-state index contributed by atoms with van der Waals surface area (Å²) in [5, 5.41) is 5.52. The maximum atomic E-state index is 11.8. The van der Waals surface area contributed by atoms with Gasteiger partial charge in [-0.3, -0.25) is 14.9 Å². The molecule has 6 heteroatoms. The van der Waals surface area contributed by atoms with Crippen LogP contribution in [-0.4, -0.2) is 23.4 Å². The van der Waals surface area contributed by atoms with Gasteiger partial charge < -0.3 is 10.1 Å². The Hall–Kier alpha value is -2.73. The highest BCUT2D eigenvalue weighted by Crippen LogP contribution is 2.11. The van der Waals surface area contributed by atoms with Crippen molar-refractivity contribution in [3.63, 3.8) is 0 Å². The molecule has 0 spiro atoms. The zero-order chi connectivity index (χ0) is 16.7. The summed E-state index contributed by atoms with van der Waals surface area (Å²) in [4.78, 5) is 23.1. The van der Waals surface area contributed by atoms with E-state index < -0.39 is 0 Å². The van der Waals surface area contributed by atoms with Crippen LogP contribution in [0.25, 0.3) is 0 Å². The van der Waals surface area contributed by atoms with Gasteiger partial charge in [-0.25, -0.2) is 0 Å². The number of rotatable bonds is 5. The number of hydrogen-bond donors (Lipinski definition) is 2. The van der Waals surface area contributed by atoms with Crippen molar-refractivity contribution in [3.05, 3.63) is 60.2 Å². The summed E-state index contributed by atoms with van der Waals surface area (Å²) in [7, 11) is 0. The second-order valence-electron chi connectivity index (χ2n) is 4.74. The largest absolute Gasteiger partial charge is 0.484 e. The molecule has 2 N–H and O–H groups in total. The van der Waals surface area contributed by atoms with Gasteiger partial charge in [0.25, 0.3) is 5.91 Å². The number of amides is 1. The molecule has 5 nitrogen and oxygen atoms in total. The fourth-order valence-corrected chi connectivity index (χ4v) is 2.04. The summed E-state index contributed by atoms with van der Waals surface area (Å²) in [6.45, 7) is 1.35. The molecule has 0 aliphatic heterocycles. The average molecular weight is 328 g/mol. The molecule has 0 unspecified atom stereocenters. The minimum atomic E-state index is -0.367. The van der Waals surface area contributed by atoms with Crippen LogP contribution in [0.15, 0.2) is 54.6 Å². The Kier molecular flexibility index (Phi) is 5.82. The van der Waals surface area contributed by atoms with Crippen LogP contribution in [0.2, 0.25) is 0 Å². The fraction of sp³-hybridized carbons (Fsp3) is 0.118. The average Bonchev–Trinajstić information content (AvgIpc) is 2.54. The van der Waals surface area contributed by atoms with E-state index in [1.165, 1.54) is 6.92 Å². The number of thiocarbonyl (C=S) groups is 1. The highest BCUT2D eigenvalue weighted by atomic mass is 32.1. The molecule has 0 aliphatic carbocycles. The number of carbonyl (C=O) groups excluding carboxylic acids is 2. The van der Waals surface area contributed by atoms with Gasteiger partial charge in [0, 0.05) is 11.3 Å². The van der Waals surface area contributed by atoms with E-state index in [2.05, 4.69) is 10.6 Å². The highest BCUT2D eigenvalue weighted by molar-refractivity contribution is 7.80. The number of para-hydroxylation sites is 1. The van der Waals surface area contributed by atoms with Crippen molar-refractivity contribution >= 4 is 34.7 Å². The van der Waals surface area contributed by atoms with E-state index in [9.17, 15) is 9.59 Å². The van der Waals surface area contributed by atoms with Crippen molar-refractivity contribution in [3.8, 4) is 5.75 Å². The predicted octanol–water partition coefficient (Wildman–Crippen LogP) is 2.78. The maximum Gasteiger partial charge on any atom is 0.264 e. The van der Waals surface area contributed by atoms with Crippen LogP contribution in [0, 0.1) is 0 Å². The lowest BCUT2D eigenvalue weighted by Gasteiger charge is -2.11. The maximum absolute atomic E-state index is 11.8. The van der Waals surface area contributed by atoms with Gasteiger partial charge in [0.05, 0.1) is 0 Å². The monoisotopic (exact) mass is 328 g/mol. The number of anilines is 1. The van der Waals surface area contributed by atoms with Crippen molar-refractivity contribution < 1.29 is 14.3 Å². The molecule has 2 rings (SSSR count). The zero-order valence-corrected chi connectivity index (χ0v) is 13.4. The predicted molar refractivity (Wildman–Crippen MR) is 92.7 cm³/mol. The Balaban J connectivity index is 1.83. The molecule has 0 aliphatic rings. The number of carbonyl (C=O) groups is 2. The molecule has 0 saturated carbocycles. The van der Waals surface area contributed by atoms with Gasteiger partial charge in [-0.1, -0.05) is 30.3 Å². The van der Waals surface area contributed by atoms with Crippen LogP contribution in [0.5, 0.6) is 5.75 Å². The number of ketones is 1. The van der Waals surface area contributed by atoms with Crippen LogP contribution < -0.4 is 15.4 Å². The van der Waals surface area contributed by atoms with Gasteiger partial charge in [-0.05, 0) is 43.4 Å². The normalized spacial score (nSPS) is 9.78. The Morgan fingerprint density at radius 2 is 1.83 bits per heavy atom. The minimum Gasteiger partial charge on any atom is -0.484 e. The minimum absolute atomic E-state index is 0.0418. The van der Waals surface area contributed by atoms with E-state index in [0.29, 0.717) is 17.0 Å². The van der Waals surface area contributed by atoms with E-state index in [0.717, 1.165) is 0 Å². The van der Waals surface area contributed by atoms with E-state index in [1.54, 1.807) is 36.4 Å². The Labute approximate surface area is 139 Å². The first-order valence-corrected chi connectivity index (χ1v) is 7.35. The van der Waals surface area contributed by atoms with Crippen molar-refractivity contribution in [2.45, 2.75) is 6.92 Å². The third kappa shape index (κ3) is 5.52. The van der Waals surface area contributed by atoms with Gasteiger partial charge in [-0.15, -0.1) is 0 Å². The van der Waals surface area contributed by atoms with E-state index in [-0.39, 0.29) is 23.4 Å². The molecule has 23 heavy (non-hydrogen) atoms. The molecular weight excluding hydrogens is 312 g/mol. The molecule has 0 atom stereocenters. The number of Topliss-reactive ketones (excluding diaryl/α,β-unsaturated/α-hetero) is 1. The summed E-state index contributed by atoms with van der Waals surface area (Å²) >= 11 is 5.07. The van der Waals surface area contributed by atoms with Crippen molar-refractivity contribution in [2.75, 3.05) is 11.9 Å². The third-order valence-corrected chi connectivity index (χ3v) is 3.10. The second-order valence-corrected chi connectivity index (χ2v) is 5.15. The molecular formula is C17H16N2O3S. The summed E-state index contributed by atoms with van der Waals surface area (Å²) in [6.07, 6.45) is 0. The molecule has 0 fully saturated rings. The van der Waals surface area contributed by atoms with Gasteiger partial charge >= 0.3 is 0 Å². The van der Waals surface area contributed by atoms with Crippen LogP contribution in [-0.2, 0) is 4.79 Å². The number of benzene rings is 2. The standard InChI is InChI=1S/C17H16N2O3S/c1-12(20)13-6-5-7-14(10-13)18-17(23)19-16(21)11-22-15-8-3-2-4-9-15/h2-10H,11H2,1H3,(H2,18,19,21,23). The van der Waals surface area contributed by atoms with E-state index in [1.807, 2.05) is 18.2 Å². The molecule has 1 amide bonds. The topological polar surface area (TPSA) is 67.4 Å². The van der Waals surface area contributed by atoms with Gasteiger partial charge in [0.1, 0.15) is 5.75 Å². The summed E-state index contributed by atoms with van der Waals surface area (Å²) in [6, 6.07) is 15.9. The molecule has 0 aromatic heterocycles. The van der Waals surface area contributed by atoms with Crippen molar-refractivity contribution in [2.24, 2.45) is 0 Å². The Morgan fingerprint density at radius 3 is 2.52 bits per heavy atom. The lowest BCUT2D eigenvalue weighted by Crippen LogP contribution is -2.37. The molecule has 0 heterocycles.